The second-order valence-electron chi connectivity index (χ2n) is 8.38. The zero-order chi connectivity index (χ0) is 20.1. The molecule has 1 aromatic carbocycles. The zero-order valence-electron chi connectivity index (χ0n) is 16.9. The van der Waals surface area contributed by atoms with Crippen molar-refractivity contribution in [3.05, 3.63) is 46.8 Å². The lowest BCUT2D eigenvalue weighted by Gasteiger charge is -2.30. The number of carbonyl (C=O) groups excluding carboxylic acids is 2. The second-order valence-corrected chi connectivity index (χ2v) is 8.38. The Bertz CT molecular complexity index is 942. The van der Waals surface area contributed by atoms with Gasteiger partial charge in [-0.1, -0.05) is 18.2 Å². The van der Waals surface area contributed by atoms with Crippen molar-refractivity contribution in [2.24, 2.45) is 7.05 Å². The zero-order valence-corrected chi connectivity index (χ0v) is 16.9. The van der Waals surface area contributed by atoms with Crippen molar-refractivity contribution >= 4 is 17.7 Å². The average molecular weight is 382 g/mol. The molecule has 7 heteroatoms. The Kier molecular flexibility index (Phi) is 4.40. The minimum absolute atomic E-state index is 0.0627. The quantitative estimate of drug-likeness (QED) is 0.761. The number of hydrogen-bond acceptors (Lipinski definition) is 4. The van der Waals surface area contributed by atoms with Gasteiger partial charge < -0.3 is 14.5 Å². The third kappa shape index (κ3) is 3.25. The highest BCUT2D eigenvalue weighted by Crippen LogP contribution is 2.31. The fourth-order valence-corrected chi connectivity index (χ4v) is 3.93. The van der Waals surface area contributed by atoms with Crippen molar-refractivity contribution in [2.75, 3.05) is 18.0 Å². The van der Waals surface area contributed by atoms with Crippen molar-refractivity contribution in [3.8, 4) is 0 Å². The number of para-hydroxylation sites is 1. The minimum Gasteiger partial charge on any atom is -0.444 e. The lowest BCUT2D eigenvalue weighted by atomic mass is 10.0. The van der Waals surface area contributed by atoms with Crippen LogP contribution in [-0.4, -0.2) is 45.4 Å². The van der Waals surface area contributed by atoms with Crippen molar-refractivity contribution < 1.29 is 14.3 Å². The molecule has 28 heavy (non-hydrogen) atoms. The predicted octanol–water partition coefficient (Wildman–Crippen LogP) is 2.92. The standard InChI is InChI=1S/C21H26N4O3/c1-21(2,3)28-20(27)24-11-10-16-15(13-24)18(23(4)22-16)19(26)25-12-9-14-7-5-6-8-17(14)25/h5-8H,9-13H2,1-4H3. The summed E-state index contributed by atoms with van der Waals surface area (Å²) >= 11 is 0. The van der Waals surface area contributed by atoms with Gasteiger partial charge in [0, 0.05) is 37.8 Å². The van der Waals surface area contributed by atoms with Crippen LogP contribution in [0, 0.1) is 0 Å². The Labute approximate surface area is 164 Å². The molecule has 0 bridgehead atoms. The summed E-state index contributed by atoms with van der Waals surface area (Å²) in [6.45, 7) is 7.10. The Morgan fingerprint density at radius 3 is 2.61 bits per heavy atom. The first-order chi connectivity index (χ1) is 13.2. The minimum atomic E-state index is -0.551. The number of benzene rings is 1. The molecule has 0 saturated carbocycles. The van der Waals surface area contributed by atoms with E-state index >= 15 is 0 Å². The average Bonchev–Trinajstić information content (AvgIpc) is 3.19. The number of amides is 2. The van der Waals surface area contributed by atoms with Crippen LogP contribution in [0.2, 0.25) is 0 Å². The molecule has 2 aliphatic rings. The van der Waals surface area contributed by atoms with Gasteiger partial charge in [0.25, 0.3) is 5.91 Å². The molecule has 4 rings (SSSR count). The van der Waals surface area contributed by atoms with Gasteiger partial charge in [-0.05, 0) is 38.8 Å². The summed E-state index contributed by atoms with van der Waals surface area (Å²) in [4.78, 5) is 29.4. The maximum Gasteiger partial charge on any atom is 0.410 e. The maximum atomic E-state index is 13.4. The van der Waals surface area contributed by atoms with Crippen LogP contribution >= 0.6 is 0 Å². The van der Waals surface area contributed by atoms with Gasteiger partial charge in [-0.25, -0.2) is 4.79 Å². The van der Waals surface area contributed by atoms with Crippen LogP contribution in [0.25, 0.3) is 0 Å². The van der Waals surface area contributed by atoms with Gasteiger partial charge in [-0.2, -0.15) is 5.10 Å². The maximum absolute atomic E-state index is 13.4. The van der Waals surface area contributed by atoms with Crippen molar-refractivity contribution in [2.45, 2.75) is 45.8 Å². The molecule has 0 unspecified atom stereocenters. The van der Waals surface area contributed by atoms with E-state index in [1.54, 1.807) is 16.6 Å². The van der Waals surface area contributed by atoms with Crippen LogP contribution in [0.3, 0.4) is 0 Å². The van der Waals surface area contributed by atoms with Crippen LogP contribution in [-0.2, 0) is 31.2 Å². The Morgan fingerprint density at radius 2 is 1.86 bits per heavy atom. The highest BCUT2D eigenvalue weighted by atomic mass is 16.6. The molecule has 0 radical (unpaired) electrons. The number of aromatic nitrogens is 2. The van der Waals surface area contributed by atoms with Crippen molar-refractivity contribution in [3.63, 3.8) is 0 Å². The molecule has 0 spiro atoms. The molecule has 2 aliphatic heterocycles. The fraction of sp³-hybridized carbons (Fsp3) is 0.476. The summed E-state index contributed by atoms with van der Waals surface area (Å²) in [7, 11) is 1.80. The Morgan fingerprint density at radius 1 is 1.11 bits per heavy atom. The van der Waals surface area contributed by atoms with Gasteiger partial charge in [0.2, 0.25) is 0 Å². The topological polar surface area (TPSA) is 67.7 Å². The number of rotatable bonds is 1. The van der Waals surface area contributed by atoms with E-state index < -0.39 is 5.60 Å². The number of ether oxygens (including phenoxy) is 1. The second kappa shape index (κ2) is 6.65. The largest absolute Gasteiger partial charge is 0.444 e. The molecular formula is C21H26N4O3. The van der Waals surface area contributed by atoms with Crippen LogP contribution < -0.4 is 4.90 Å². The summed E-state index contributed by atoms with van der Waals surface area (Å²) < 4.78 is 7.17. The first-order valence-electron chi connectivity index (χ1n) is 9.67. The molecule has 7 nitrogen and oxygen atoms in total. The Balaban J connectivity index is 1.62. The number of aryl methyl sites for hydroxylation is 1. The van der Waals surface area contributed by atoms with E-state index in [-0.39, 0.29) is 12.0 Å². The van der Waals surface area contributed by atoms with Gasteiger partial charge in [-0.3, -0.25) is 9.48 Å². The summed E-state index contributed by atoms with van der Waals surface area (Å²) in [5.41, 5.74) is 3.86. The predicted molar refractivity (Wildman–Crippen MR) is 105 cm³/mol. The molecule has 0 aliphatic carbocycles. The lowest BCUT2D eigenvalue weighted by molar-refractivity contribution is 0.0222. The first-order valence-corrected chi connectivity index (χ1v) is 9.67. The highest BCUT2D eigenvalue weighted by Gasteiger charge is 2.34. The number of nitrogens with zero attached hydrogens (tertiary/aromatic N) is 4. The van der Waals surface area contributed by atoms with Crippen LogP contribution in [0.1, 0.15) is 48.1 Å². The van der Waals surface area contributed by atoms with E-state index in [2.05, 4.69) is 11.2 Å². The van der Waals surface area contributed by atoms with Crippen LogP contribution in [0.5, 0.6) is 0 Å². The highest BCUT2D eigenvalue weighted by molar-refractivity contribution is 6.07. The van der Waals surface area contributed by atoms with E-state index in [0.29, 0.717) is 31.7 Å². The number of fused-ring (bicyclic) bond motifs is 2. The molecule has 0 fully saturated rings. The molecule has 0 atom stereocenters. The summed E-state index contributed by atoms with van der Waals surface area (Å²) in [6.07, 6.45) is 1.12. The molecule has 0 N–H and O–H groups in total. The Hall–Kier alpha value is -2.83. The summed E-state index contributed by atoms with van der Waals surface area (Å²) in [6, 6.07) is 7.99. The molecule has 1 aromatic heterocycles. The first kappa shape index (κ1) is 18.5. The smallest absolute Gasteiger partial charge is 0.410 e. The molecule has 2 amide bonds. The van der Waals surface area contributed by atoms with Gasteiger partial charge in [-0.15, -0.1) is 0 Å². The third-order valence-electron chi connectivity index (χ3n) is 5.18. The molecule has 2 aromatic rings. The van der Waals surface area contributed by atoms with E-state index in [1.165, 1.54) is 5.56 Å². The van der Waals surface area contributed by atoms with Crippen molar-refractivity contribution in [1.29, 1.82) is 0 Å². The van der Waals surface area contributed by atoms with Gasteiger partial charge in [0.15, 0.2) is 0 Å². The normalized spacial score (nSPS) is 16.0. The SMILES string of the molecule is Cn1nc2c(c1C(=O)N1CCc3ccccc31)CN(C(=O)OC(C)(C)C)CC2. The number of hydrogen-bond donors (Lipinski definition) is 0. The monoisotopic (exact) mass is 382 g/mol. The van der Waals surface area contributed by atoms with Crippen molar-refractivity contribution in [1.82, 2.24) is 14.7 Å². The molecule has 148 valence electrons. The van der Waals surface area contributed by atoms with Crippen LogP contribution in [0.15, 0.2) is 24.3 Å². The van der Waals surface area contributed by atoms with E-state index in [0.717, 1.165) is 23.4 Å². The molecular weight excluding hydrogens is 356 g/mol. The summed E-state index contributed by atoms with van der Waals surface area (Å²) in [5, 5.41) is 4.56. The van der Waals surface area contributed by atoms with Gasteiger partial charge in [0.05, 0.1) is 12.2 Å². The van der Waals surface area contributed by atoms with E-state index in [9.17, 15) is 9.59 Å². The summed E-state index contributed by atoms with van der Waals surface area (Å²) in [5.74, 6) is -0.0627. The van der Waals surface area contributed by atoms with Gasteiger partial charge >= 0.3 is 6.09 Å². The lowest BCUT2D eigenvalue weighted by Crippen LogP contribution is -2.40. The van der Waals surface area contributed by atoms with Crippen LogP contribution in [0.4, 0.5) is 10.5 Å². The van der Waals surface area contributed by atoms with E-state index in [1.807, 2.05) is 43.9 Å². The number of anilines is 1. The molecule has 3 heterocycles. The van der Waals surface area contributed by atoms with E-state index in [4.69, 9.17) is 4.74 Å². The fourth-order valence-electron chi connectivity index (χ4n) is 3.93. The molecule has 0 saturated heterocycles. The number of carbonyl (C=O) groups is 2. The van der Waals surface area contributed by atoms with Gasteiger partial charge in [0.1, 0.15) is 11.3 Å². The third-order valence-corrected chi connectivity index (χ3v) is 5.18.